The van der Waals surface area contributed by atoms with Crippen molar-refractivity contribution < 1.29 is 9.18 Å². The second-order valence-electron chi connectivity index (χ2n) is 4.33. The molecule has 0 unspecified atom stereocenters. The molecule has 0 fully saturated rings. The molecule has 0 saturated heterocycles. The molecule has 1 N–H and O–H groups in total. The first-order valence-corrected chi connectivity index (χ1v) is 6.71. The molecule has 4 nitrogen and oxygen atoms in total. The fourth-order valence-electron chi connectivity index (χ4n) is 1.95. The molecule has 0 radical (unpaired) electrons. The number of rotatable bonds is 5. The average Bonchev–Trinajstić information content (AvgIpc) is 2.93. The van der Waals surface area contributed by atoms with E-state index in [1.54, 1.807) is 29.2 Å². The maximum atomic E-state index is 13.6. The van der Waals surface area contributed by atoms with E-state index in [1.807, 2.05) is 6.92 Å². The lowest BCUT2D eigenvalue weighted by Gasteiger charge is -2.16. The minimum absolute atomic E-state index is 0.0576. The third kappa shape index (κ3) is 3.17. The zero-order chi connectivity index (χ0) is 14.5. The Morgan fingerprint density at radius 3 is 2.90 bits per heavy atom. The van der Waals surface area contributed by atoms with E-state index >= 15 is 0 Å². The molecule has 0 saturated carbocycles. The van der Waals surface area contributed by atoms with E-state index in [-0.39, 0.29) is 18.0 Å². The van der Waals surface area contributed by atoms with Gasteiger partial charge in [0.2, 0.25) is 5.91 Å². The van der Waals surface area contributed by atoms with Crippen molar-refractivity contribution in [2.45, 2.75) is 25.9 Å². The van der Waals surface area contributed by atoms with Gasteiger partial charge < -0.3 is 5.32 Å². The van der Waals surface area contributed by atoms with E-state index in [2.05, 4.69) is 10.4 Å². The molecule has 0 aliphatic carbocycles. The third-order valence-corrected chi connectivity index (χ3v) is 3.39. The zero-order valence-corrected chi connectivity index (χ0v) is 11.8. The van der Waals surface area contributed by atoms with E-state index in [0.717, 1.165) is 0 Å². The van der Waals surface area contributed by atoms with Gasteiger partial charge in [0.1, 0.15) is 11.9 Å². The van der Waals surface area contributed by atoms with Gasteiger partial charge in [-0.05, 0) is 24.6 Å². The molecule has 1 aromatic heterocycles. The van der Waals surface area contributed by atoms with Gasteiger partial charge in [-0.25, -0.2) is 4.39 Å². The Labute approximate surface area is 121 Å². The number of hydrogen-bond acceptors (Lipinski definition) is 2. The highest BCUT2D eigenvalue weighted by Crippen LogP contribution is 2.19. The first kappa shape index (κ1) is 14.5. The van der Waals surface area contributed by atoms with Crippen molar-refractivity contribution in [2.75, 3.05) is 0 Å². The standard InChI is InChI=1S/C14H15ClFN3O/c1-2-13(19-8-4-7-18-19)14(20)17-9-10-11(15)5-3-6-12(10)16/h3-8,13H,2,9H2,1H3,(H,17,20)/t13-/m0/s1. The van der Waals surface area contributed by atoms with Crippen molar-refractivity contribution >= 4 is 17.5 Å². The van der Waals surface area contributed by atoms with Crippen LogP contribution < -0.4 is 5.32 Å². The second-order valence-corrected chi connectivity index (χ2v) is 4.74. The van der Waals surface area contributed by atoms with Gasteiger partial charge in [0.05, 0.1) is 0 Å². The Bertz CT molecular complexity index is 566. The van der Waals surface area contributed by atoms with E-state index < -0.39 is 11.9 Å². The van der Waals surface area contributed by atoms with Crippen molar-refractivity contribution in [1.82, 2.24) is 15.1 Å². The van der Waals surface area contributed by atoms with Crippen molar-refractivity contribution in [3.8, 4) is 0 Å². The largest absolute Gasteiger partial charge is 0.350 e. The van der Waals surface area contributed by atoms with Gasteiger partial charge in [0.15, 0.2) is 0 Å². The summed E-state index contributed by atoms with van der Waals surface area (Å²) < 4.78 is 15.2. The lowest BCUT2D eigenvalue weighted by atomic mass is 10.2. The number of benzene rings is 1. The summed E-state index contributed by atoms with van der Waals surface area (Å²) >= 11 is 5.92. The van der Waals surface area contributed by atoms with Crippen LogP contribution in [0.3, 0.4) is 0 Å². The summed E-state index contributed by atoms with van der Waals surface area (Å²) in [4.78, 5) is 12.1. The number of nitrogens with one attached hydrogen (secondary N) is 1. The van der Waals surface area contributed by atoms with Crippen LogP contribution >= 0.6 is 11.6 Å². The van der Waals surface area contributed by atoms with Crippen LogP contribution in [0.15, 0.2) is 36.7 Å². The van der Waals surface area contributed by atoms with E-state index in [1.165, 1.54) is 12.1 Å². The van der Waals surface area contributed by atoms with Crippen LogP contribution in [0.5, 0.6) is 0 Å². The van der Waals surface area contributed by atoms with Gasteiger partial charge >= 0.3 is 0 Å². The molecule has 1 amide bonds. The predicted octanol–water partition coefficient (Wildman–Crippen LogP) is 2.94. The average molecular weight is 296 g/mol. The smallest absolute Gasteiger partial charge is 0.245 e. The molecule has 1 atom stereocenters. The monoisotopic (exact) mass is 295 g/mol. The second kappa shape index (κ2) is 6.52. The Balaban J connectivity index is 2.05. The van der Waals surface area contributed by atoms with Crippen molar-refractivity contribution in [1.29, 1.82) is 0 Å². The summed E-state index contributed by atoms with van der Waals surface area (Å²) in [5.74, 6) is -0.638. The van der Waals surface area contributed by atoms with Crippen molar-refractivity contribution in [3.05, 3.63) is 53.1 Å². The maximum Gasteiger partial charge on any atom is 0.245 e. The molecule has 0 bridgehead atoms. The van der Waals surface area contributed by atoms with Gasteiger partial charge in [0.25, 0.3) is 0 Å². The number of aromatic nitrogens is 2. The molecular formula is C14H15ClFN3O. The number of hydrogen-bond donors (Lipinski definition) is 1. The van der Waals surface area contributed by atoms with Crippen LogP contribution in [0, 0.1) is 5.82 Å². The molecule has 6 heteroatoms. The summed E-state index contributed by atoms with van der Waals surface area (Å²) in [6, 6.07) is 5.79. The van der Waals surface area contributed by atoms with Gasteiger partial charge in [0, 0.05) is 29.5 Å². The Kier molecular flexibility index (Phi) is 4.74. The number of halogens is 2. The molecule has 2 aromatic rings. The summed E-state index contributed by atoms with van der Waals surface area (Å²) in [5, 5.41) is 7.05. The number of nitrogens with zero attached hydrogens (tertiary/aromatic N) is 2. The fourth-order valence-corrected chi connectivity index (χ4v) is 2.18. The summed E-state index contributed by atoms with van der Waals surface area (Å²) in [5.41, 5.74) is 0.290. The minimum Gasteiger partial charge on any atom is -0.350 e. The minimum atomic E-state index is -0.426. The van der Waals surface area contributed by atoms with E-state index in [0.29, 0.717) is 11.4 Å². The summed E-state index contributed by atoms with van der Waals surface area (Å²) in [6.07, 6.45) is 3.94. The highest BCUT2D eigenvalue weighted by Gasteiger charge is 2.19. The SMILES string of the molecule is CC[C@@H](C(=O)NCc1c(F)cccc1Cl)n1cccn1. The zero-order valence-electron chi connectivity index (χ0n) is 11.0. The molecule has 106 valence electrons. The lowest BCUT2D eigenvalue weighted by molar-refractivity contribution is -0.124. The molecule has 0 aliphatic rings. The van der Waals surface area contributed by atoms with E-state index in [4.69, 9.17) is 11.6 Å². The van der Waals surface area contributed by atoms with Gasteiger partial charge in [-0.3, -0.25) is 9.48 Å². The first-order chi connectivity index (χ1) is 9.63. The van der Waals surface area contributed by atoms with Gasteiger partial charge in [-0.15, -0.1) is 0 Å². The van der Waals surface area contributed by atoms with Crippen molar-refractivity contribution in [2.24, 2.45) is 0 Å². The third-order valence-electron chi connectivity index (χ3n) is 3.03. The van der Waals surface area contributed by atoms with Crippen LogP contribution in [0.25, 0.3) is 0 Å². The van der Waals surface area contributed by atoms with Crippen LogP contribution in [0.4, 0.5) is 4.39 Å². The first-order valence-electron chi connectivity index (χ1n) is 6.33. The van der Waals surface area contributed by atoms with Gasteiger partial charge in [-0.2, -0.15) is 5.10 Å². The van der Waals surface area contributed by atoms with Crippen molar-refractivity contribution in [3.63, 3.8) is 0 Å². The predicted molar refractivity (Wildman–Crippen MR) is 74.8 cm³/mol. The van der Waals surface area contributed by atoms with Crippen LogP contribution in [0.2, 0.25) is 5.02 Å². The molecular weight excluding hydrogens is 281 g/mol. The molecule has 1 aromatic carbocycles. The Morgan fingerprint density at radius 2 is 2.30 bits per heavy atom. The van der Waals surface area contributed by atoms with E-state index in [9.17, 15) is 9.18 Å². The molecule has 0 aliphatic heterocycles. The topological polar surface area (TPSA) is 46.9 Å². The Morgan fingerprint density at radius 1 is 1.50 bits per heavy atom. The van der Waals surface area contributed by atoms with Gasteiger partial charge in [-0.1, -0.05) is 24.6 Å². The number of amides is 1. The molecule has 0 spiro atoms. The highest BCUT2D eigenvalue weighted by atomic mass is 35.5. The molecule has 1 heterocycles. The summed E-state index contributed by atoms with van der Waals surface area (Å²) in [6.45, 7) is 1.95. The van der Waals surface area contributed by atoms with Crippen LogP contribution in [-0.2, 0) is 11.3 Å². The maximum absolute atomic E-state index is 13.6. The number of carbonyl (C=O) groups excluding carboxylic acids is 1. The lowest BCUT2D eigenvalue weighted by Crippen LogP contribution is -2.32. The normalized spacial score (nSPS) is 12.2. The Hall–Kier alpha value is -1.88. The van der Waals surface area contributed by atoms with Crippen LogP contribution in [-0.4, -0.2) is 15.7 Å². The molecule has 20 heavy (non-hydrogen) atoms. The number of carbonyl (C=O) groups is 1. The summed E-state index contributed by atoms with van der Waals surface area (Å²) in [7, 11) is 0. The van der Waals surface area contributed by atoms with Crippen LogP contribution in [0.1, 0.15) is 24.9 Å². The fraction of sp³-hybridized carbons (Fsp3) is 0.286. The quantitative estimate of drug-likeness (QED) is 0.922. The highest BCUT2D eigenvalue weighted by molar-refractivity contribution is 6.31. The molecule has 2 rings (SSSR count).